The van der Waals surface area contributed by atoms with Gasteiger partial charge in [-0.25, -0.2) is 9.48 Å². The number of nitrogens with zero attached hydrogens (tertiary/aromatic N) is 2. The van der Waals surface area contributed by atoms with Gasteiger partial charge in [-0.1, -0.05) is 56.3 Å². The smallest absolute Gasteiger partial charge is 0.418 e. The van der Waals surface area contributed by atoms with Crippen LogP contribution < -0.4 is 0 Å². The van der Waals surface area contributed by atoms with E-state index in [1.165, 1.54) is 18.2 Å². The molecule has 0 saturated heterocycles. The first kappa shape index (κ1) is 19.7. The van der Waals surface area contributed by atoms with Crippen molar-refractivity contribution in [3.63, 3.8) is 0 Å². The molecule has 0 aliphatic carbocycles. The number of carboxylic acid groups (broad SMARTS) is 1. The Bertz CT molecular complexity index is 993. The van der Waals surface area contributed by atoms with E-state index in [-0.39, 0.29) is 28.6 Å². The van der Waals surface area contributed by atoms with Gasteiger partial charge in [0.05, 0.1) is 22.6 Å². The van der Waals surface area contributed by atoms with E-state index in [2.05, 4.69) is 5.10 Å². The Hall–Kier alpha value is -3.09. The van der Waals surface area contributed by atoms with Gasteiger partial charge in [-0.15, -0.1) is 0 Å². The van der Waals surface area contributed by atoms with Crippen molar-refractivity contribution in [2.75, 3.05) is 0 Å². The van der Waals surface area contributed by atoms with E-state index in [0.717, 1.165) is 10.7 Å². The van der Waals surface area contributed by atoms with Gasteiger partial charge in [0.25, 0.3) is 0 Å². The number of para-hydroxylation sites is 1. The maximum absolute atomic E-state index is 13.6. The highest BCUT2D eigenvalue weighted by Gasteiger charge is 2.35. The summed E-state index contributed by atoms with van der Waals surface area (Å²) in [6, 6.07) is 13.5. The zero-order valence-corrected chi connectivity index (χ0v) is 15.4. The molecule has 0 radical (unpaired) electrons. The monoisotopic (exact) mass is 388 g/mol. The Morgan fingerprint density at radius 1 is 1.07 bits per heavy atom. The molecule has 0 aliphatic heterocycles. The molecule has 0 amide bonds. The summed E-state index contributed by atoms with van der Waals surface area (Å²) in [4.78, 5) is 12.0. The number of hydrogen-bond donors (Lipinski definition) is 1. The third kappa shape index (κ3) is 3.78. The topological polar surface area (TPSA) is 55.1 Å². The largest absolute Gasteiger partial charge is 0.478 e. The molecule has 0 atom stereocenters. The highest BCUT2D eigenvalue weighted by Crippen LogP contribution is 2.37. The minimum atomic E-state index is -4.60. The highest BCUT2D eigenvalue weighted by atomic mass is 19.4. The highest BCUT2D eigenvalue weighted by molar-refractivity contribution is 5.96. The van der Waals surface area contributed by atoms with Crippen LogP contribution in [0.4, 0.5) is 13.2 Å². The summed E-state index contributed by atoms with van der Waals surface area (Å²) in [6.45, 7) is 3.80. The number of halogens is 3. The minimum absolute atomic E-state index is 0.0723. The molecule has 3 aromatic rings. The van der Waals surface area contributed by atoms with Gasteiger partial charge < -0.3 is 5.11 Å². The molecule has 1 N–H and O–H groups in total. The lowest BCUT2D eigenvalue weighted by Crippen LogP contribution is -2.12. The van der Waals surface area contributed by atoms with Crippen molar-refractivity contribution in [3.05, 3.63) is 71.4 Å². The maximum Gasteiger partial charge on any atom is 0.418 e. The molecular formula is C21H19F3N2O2. The normalized spacial score (nSPS) is 11.8. The van der Waals surface area contributed by atoms with E-state index in [1.807, 2.05) is 13.8 Å². The number of hydrogen-bond acceptors (Lipinski definition) is 2. The molecule has 0 bridgehead atoms. The fraction of sp³-hybridized carbons (Fsp3) is 0.238. The number of benzene rings is 2. The number of carboxylic acids is 1. The molecule has 0 unspecified atom stereocenters. The van der Waals surface area contributed by atoms with Crippen LogP contribution in [0.1, 0.15) is 35.5 Å². The van der Waals surface area contributed by atoms with Gasteiger partial charge >= 0.3 is 12.1 Å². The number of aromatic carboxylic acids is 1. The zero-order chi connectivity index (χ0) is 20.5. The van der Waals surface area contributed by atoms with Crippen molar-refractivity contribution >= 4 is 5.97 Å². The van der Waals surface area contributed by atoms with Crippen LogP contribution in [0.2, 0.25) is 0 Å². The molecule has 7 heteroatoms. The van der Waals surface area contributed by atoms with Crippen LogP contribution in [0.15, 0.2) is 54.6 Å². The lowest BCUT2D eigenvalue weighted by atomic mass is 10.0. The number of carbonyl (C=O) groups is 1. The summed E-state index contributed by atoms with van der Waals surface area (Å²) in [7, 11) is 0. The first-order chi connectivity index (χ1) is 13.2. The first-order valence-corrected chi connectivity index (χ1v) is 8.77. The van der Waals surface area contributed by atoms with E-state index < -0.39 is 17.7 Å². The quantitative estimate of drug-likeness (QED) is 0.632. The molecular weight excluding hydrogens is 369 g/mol. The number of aromatic nitrogens is 2. The van der Waals surface area contributed by atoms with Gasteiger partial charge in [0.2, 0.25) is 0 Å². The molecule has 146 valence electrons. The summed E-state index contributed by atoms with van der Waals surface area (Å²) in [5, 5.41) is 14.2. The zero-order valence-electron chi connectivity index (χ0n) is 15.4. The molecule has 3 rings (SSSR count). The van der Waals surface area contributed by atoms with Gasteiger partial charge in [-0.05, 0) is 24.5 Å². The molecule has 28 heavy (non-hydrogen) atoms. The van der Waals surface area contributed by atoms with Crippen LogP contribution >= 0.6 is 0 Å². The summed E-state index contributed by atoms with van der Waals surface area (Å²) in [6.07, 6.45) is -4.26. The van der Waals surface area contributed by atoms with Gasteiger partial charge in [-0.3, -0.25) is 0 Å². The van der Waals surface area contributed by atoms with E-state index in [1.54, 1.807) is 30.3 Å². The van der Waals surface area contributed by atoms with Crippen molar-refractivity contribution in [3.8, 4) is 16.9 Å². The molecule has 2 aromatic carbocycles. The van der Waals surface area contributed by atoms with Crippen molar-refractivity contribution in [1.29, 1.82) is 0 Å². The van der Waals surface area contributed by atoms with Gasteiger partial charge in [0.1, 0.15) is 5.56 Å². The fourth-order valence-corrected chi connectivity index (χ4v) is 3.15. The molecule has 0 saturated carbocycles. The molecule has 0 aliphatic rings. The van der Waals surface area contributed by atoms with E-state index in [0.29, 0.717) is 12.0 Å². The molecule has 4 nitrogen and oxygen atoms in total. The third-order valence-corrected chi connectivity index (χ3v) is 4.26. The Kier molecular flexibility index (Phi) is 5.27. The Morgan fingerprint density at radius 3 is 2.25 bits per heavy atom. The molecule has 0 spiro atoms. The molecule has 0 fully saturated rings. The lowest BCUT2D eigenvalue weighted by molar-refractivity contribution is -0.137. The summed E-state index contributed by atoms with van der Waals surface area (Å²) < 4.78 is 41.9. The van der Waals surface area contributed by atoms with Crippen molar-refractivity contribution in [1.82, 2.24) is 9.78 Å². The Morgan fingerprint density at radius 2 is 1.68 bits per heavy atom. The minimum Gasteiger partial charge on any atom is -0.478 e. The van der Waals surface area contributed by atoms with Crippen LogP contribution in [0.25, 0.3) is 16.9 Å². The first-order valence-electron chi connectivity index (χ1n) is 8.77. The standard InChI is InChI=1S/C21H19F3N2O2/c1-13(2)12-16-18(20(27)28)19(14-8-4-3-5-9-14)26(25-16)17-11-7-6-10-15(17)21(22,23)24/h3-11,13H,12H2,1-2H3,(H,27,28). The SMILES string of the molecule is CC(C)Cc1nn(-c2ccccc2C(F)(F)F)c(-c2ccccc2)c1C(=O)O. The molecule has 1 aromatic heterocycles. The second-order valence-electron chi connectivity index (χ2n) is 6.87. The fourth-order valence-electron chi connectivity index (χ4n) is 3.15. The third-order valence-electron chi connectivity index (χ3n) is 4.26. The van der Waals surface area contributed by atoms with Crippen LogP contribution in [0.5, 0.6) is 0 Å². The van der Waals surface area contributed by atoms with Crippen LogP contribution in [0, 0.1) is 5.92 Å². The second kappa shape index (κ2) is 7.50. The summed E-state index contributed by atoms with van der Waals surface area (Å²) in [5.41, 5.74) is -0.260. The maximum atomic E-state index is 13.6. The van der Waals surface area contributed by atoms with Crippen molar-refractivity contribution in [2.24, 2.45) is 5.92 Å². The van der Waals surface area contributed by atoms with E-state index >= 15 is 0 Å². The van der Waals surface area contributed by atoms with Gasteiger partial charge in [-0.2, -0.15) is 18.3 Å². The van der Waals surface area contributed by atoms with Crippen LogP contribution in [0.3, 0.4) is 0 Å². The van der Waals surface area contributed by atoms with Crippen molar-refractivity contribution < 1.29 is 23.1 Å². The lowest BCUT2D eigenvalue weighted by Gasteiger charge is -2.15. The summed E-state index contributed by atoms with van der Waals surface area (Å²) >= 11 is 0. The van der Waals surface area contributed by atoms with Gasteiger partial charge in [0.15, 0.2) is 0 Å². The van der Waals surface area contributed by atoms with Crippen molar-refractivity contribution in [2.45, 2.75) is 26.4 Å². The predicted octanol–water partition coefficient (Wildman–Crippen LogP) is 5.45. The van der Waals surface area contributed by atoms with Crippen LogP contribution in [-0.2, 0) is 12.6 Å². The number of rotatable bonds is 5. The molecule has 1 heterocycles. The van der Waals surface area contributed by atoms with Crippen LogP contribution in [-0.4, -0.2) is 20.9 Å². The second-order valence-corrected chi connectivity index (χ2v) is 6.87. The Balaban J connectivity index is 2.38. The van der Waals surface area contributed by atoms with E-state index in [9.17, 15) is 23.1 Å². The average molecular weight is 388 g/mol. The van der Waals surface area contributed by atoms with E-state index in [4.69, 9.17) is 0 Å². The van der Waals surface area contributed by atoms with Gasteiger partial charge in [0, 0.05) is 5.56 Å². The average Bonchev–Trinajstić information content (AvgIpc) is 3.00. The summed E-state index contributed by atoms with van der Waals surface area (Å²) in [5.74, 6) is -1.13. The Labute approximate surface area is 160 Å². The predicted molar refractivity (Wildman–Crippen MR) is 99.5 cm³/mol. The number of alkyl halides is 3.